The summed E-state index contributed by atoms with van der Waals surface area (Å²) in [5.74, 6) is 0.380. The van der Waals surface area contributed by atoms with Crippen LogP contribution in [0.15, 0.2) is 24.3 Å². The molecule has 0 saturated heterocycles. The normalized spacial score (nSPS) is 11.6. The fourth-order valence-corrected chi connectivity index (χ4v) is 2.09. The maximum atomic E-state index is 11.6. The number of carbonyl (C=O) groups excluding carboxylic acids is 1. The molecule has 1 rings (SSSR count). The van der Waals surface area contributed by atoms with Crippen molar-refractivity contribution in [1.29, 1.82) is 5.26 Å². The Hall–Kier alpha value is -1.55. The largest absolute Gasteiger partial charge is 0.394 e. The quantitative estimate of drug-likeness (QED) is 0.686. The molecule has 3 N–H and O–H groups in total. The number of hydrogen-bond acceptors (Lipinski definition) is 5. The van der Waals surface area contributed by atoms with Crippen molar-refractivity contribution in [3.8, 4) is 6.07 Å². The third-order valence-corrected chi connectivity index (χ3v) is 3.36. The number of nitriles is 1. The molecule has 0 radical (unpaired) electrons. The predicted molar refractivity (Wildman–Crippen MR) is 74.8 cm³/mol. The molecule has 1 aromatic rings. The molecule has 0 spiro atoms. The van der Waals surface area contributed by atoms with Crippen LogP contribution in [0.1, 0.15) is 5.56 Å². The van der Waals surface area contributed by atoms with Crippen LogP contribution in [0.5, 0.6) is 0 Å². The Labute approximate surface area is 116 Å². The lowest BCUT2D eigenvalue weighted by atomic mass is 10.1. The summed E-state index contributed by atoms with van der Waals surface area (Å²) in [6, 6.07) is 9.14. The van der Waals surface area contributed by atoms with Crippen LogP contribution in [0, 0.1) is 11.3 Å². The van der Waals surface area contributed by atoms with E-state index in [4.69, 9.17) is 15.5 Å². The van der Waals surface area contributed by atoms with Gasteiger partial charge in [0.2, 0.25) is 5.91 Å². The fourth-order valence-electron chi connectivity index (χ4n) is 1.33. The fraction of sp³-hybridized carbons (Fsp3) is 0.385. The van der Waals surface area contributed by atoms with Crippen molar-refractivity contribution in [2.75, 3.05) is 23.4 Å². The van der Waals surface area contributed by atoms with E-state index in [9.17, 15) is 4.79 Å². The second kappa shape index (κ2) is 8.53. The van der Waals surface area contributed by atoms with E-state index in [-0.39, 0.29) is 18.3 Å². The highest BCUT2D eigenvalue weighted by atomic mass is 32.2. The van der Waals surface area contributed by atoms with E-state index < -0.39 is 6.10 Å². The Morgan fingerprint density at radius 2 is 2.11 bits per heavy atom. The first-order valence-electron chi connectivity index (χ1n) is 5.78. The van der Waals surface area contributed by atoms with Crippen LogP contribution < -0.4 is 5.32 Å². The zero-order valence-corrected chi connectivity index (χ0v) is 11.2. The Bertz CT molecular complexity index is 442. The summed E-state index contributed by atoms with van der Waals surface area (Å²) in [5, 5.41) is 29.0. The summed E-state index contributed by atoms with van der Waals surface area (Å²) in [5.41, 5.74) is 1.58. The maximum Gasteiger partial charge on any atom is 0.234 e. The summed E-state index contributed by atoms with van der Waals surface area (Å²) >= 11 is 1.26. The summed E-state index contributed by atoms with van der Waals surface area (Å²) in [4.78, 5) is 11.6. The van der Waals surface area contributed by atoms with Crippen molar-refractivity contribution < 1.29 is 15.0 Å². The van der Waals surface area contributed by atoms with Gasteiger partial charge in [-0.05, 0) is 17.7 Å². The van der Waals surface area contributed by atoms with E-state index in [1.54, 1.807) is 24.3 Å². The highest BCUT2D eigenvalue weighted by Crippen LogP contribution is 2.11. The number of thioether (sulfide) groups is 1. The zero-order valence-electron chi connectivity index (χ0n) is 10.4. The maximum absolute atomic E-state index is 11.6. The number of hydrogen-bond donors (Lipinski definition) is 3. The predicted octanol–water partition coefficient (Wildman–Crippen LogP) is 0.778. The van der Waals surface area contributed by atoms with Gasteiger partial charge in [0.1, 0.15) is 0 Å². The molecule has 19 heavy (non-hydrogen) atoms. The topological polar surface area (TPSA) is 93.4 Å². The highest BCUT2D eigenvalue weighted by Gasteiger charge is 2.06. The molecule has 0 heterocycles. The van der Waals surface area contributed by atoms with Gasteiger partial charge in [-0.3, -0.25) is 4.79 Å². The molecule has 0 aliphatic rings. The Balaban J connectivity index is 2.34. The molecule has 0 bridgehead atoms. The summed E-state index contributed by atoms with van der Waals surface area (Å²) in [6.07, 6.45) is -0.439. The molecule has 0 aromatic heterocycles. The number of amides is 1. The first kappa shape index (κ1) is 15.5. The molecular weight excluding hydrogens is 264 g/mol. The minimum absolute atomic E-state index is 0.164. The van der Waals surface area contributed by atoms with Gasteiger partial charge in [-0.25, -0.2) is 0 Å². The molecule has 6 heteroatoms. The van der Waals surface area contributed by atoms with Gasteiger partial charge in [0.25, 0.3) is 0 Å². The molecular formula is C13H16N2O3S. The zero-order chi connectivity index (χ0) is 14.1. The molecule has 1 unspecified atom stereocenters. The molecule has 1 amide bonds. The van der Waals surface area contributed by atoms with Crippen molar-refractivity contribution in [2.24, 2.45) is 0 Å². The van der Waals surface area contributed by atoms with E-state index in [0.29, 0.717) is 17.9 Å². The number of aliphatic hydroxyl groups is 2. The first-order chi connectivity index (χ1) is 9.15. The SMILES string of the molecule is N#CCc1ccc(NC(=O)CSCC(O)CO)cc1. The second-order valence-corrected chi connectivity index (χ2v) is 4.96. The van der Waals surface area contributed by atoms with Crippen molar-refractivity contribution in [3.63, 3.8) is 0 Å². The van der Waals surface area contributed by atoms with Crippen LogP contribution >= 0.6 is 11.8 Å². The number of benzene rings is 1. The smallest absolute Gasteiger partial charge is 0.234 e. The molecule has 0 aliphatic carbocycles. The van der Waals surface area contributed by atoms with E-state index >= 15 is 0 Å². The number of nitrogens with zero attached hydrogens (tertiary/aromatic N) is 1. The molecule has 0 aliphatic heterocycles. The van der Waals surface area contributed by atoms with Crippen LogP contribution in [-0.4, -0.2) is 40.3 Å². The van der Waals surface area contributed by atoms with Gasteiger partial charge in [-0.1, -0.05) is 12.1 Å². The standard InChI is InChI=1S/C13H16N2O3S/c14-6-5-10-1-3-11(4-2-10)15-13(18)9-19-8-12(17)7-16/h1-4,12,16-17H,5,7-9H2,(H,15,18). The third-order valence-electron chi connectivity index (χ3n) is 2.28. The highest BCUT2D eigenvalue weighted by molar-refractivity contribution is 8.00. The van der Waals surface area contributed by atoms with E-state index in [1.165, 1.54) is 11.8 Å². The molecule has 1 atom stereocenters. The number of nitrogens with one attached hydrogen (secondary N) is 1. The Kier molecular flexibility index (Phi) is 6.97. The van der Waals surface area contributed by atoms with Gasteiger partial charge in [-0.15, -0.1) is 11.8 Å². The molecule has 0 fully saturated rings. The van der Waals surface area contributed by atoms with Crippen molar-refractivity contribution in [1.82, 2.24) is 0 Å². The van der Waals surface area contributed by atoms with Crippen LogP contribution in [0.4, 0.5) is 5.69 Å². The van der Waals surface area contributed by atoms with Crippen molar-refractivity contribution in [2.45, 2.75) is 12.5 Å². The van der Waals surface area contributed by atoms with E-state index in [0.717, 1.165) is 5.56 Å². The van der Waals surface area contributed by atoms with Gasteiger partial charge < -0.3 is 15.5 Å². The Morgan fingerprint density at radius 1 is 1.42 bits per heavy atom. The van der Waals surface area contributed by atoms with E-state index in [1.807, 2.05) is 0 Å². The average molecular weight is 280 g/mol. The second-order valence-electron chi connectivity index (χ2n) is 3.93. The van der Waals surface area contributed by atoms with Crippen molar-refractivity contribution in [3.05, 3.63) is 29.8 Å². The summed E-state index contributed by atoms with van der Waals surface area (Å²) < 4.78 is 0. The van der Waals surface area contributed by atoms with E-state index in [2.05, 4.69) is 11.4 Å². The van der Waals surface area contributed by atoms with Crippen LogP contribution in [0.2, 0.25) is 0 Å². The van der Waals surface area contributed by atoms with Crippen LogP contribution in [0.3, 0.4) is 0 Å². The minimum atomic E-state index is -0.789. The van der Waals surface area contributed by atoms with Gasteiger partial charge in [0.05, 0.1) is 31.0 Å². The van der Waals surface area contributed by atoms with Gasteiger partial charge >= 0.3 is 0 Å². The number of rotatable bonds is 7. The lowest BCUT2D eigenvalue weighted by Crippen LogP contribution is -2.19. The monoisotopic (exact) mass is 280 g/mol. The lowest BCUT2D eigenvalue weighted by molar-refractivity contribution is -0.113. The minimum Gasteiger partial charge on any atom is -0.394 e. The third kappa shape index (κ3) is 6.25. The average Bonchev–Trinajstić information content (AvgIpc) is 2.41. The number of anilines is 1. The Morgan fingerprint density at radius 3 is 2.68 bits per heavy atom. The van der Waals surface area contributed by atoms with Gasteiger partial charge in [0.15, 0.2) is 0 Å². The van der Waals surface area contributed by atoms with Crippen LogP contribution in [0.25, 0.3) is 0 Å². The van der Waals surface area contributed by atoms with Gasteiger partial charge in [-0.2, -0.15) is 5.26 Å². The van der Waals surface area contributed by atoms with Crippen LogP contribution in [-0.2, 0) is 11.2 Å². The lowest BCUT2D eigenvalue weighted by Gasteiger charge is -2.07. The summed E-state index contributed by atoms with van der Waals surface area (Å²) in [7, 11) is 0. The molecule has 0 saturated carbocycles. The molecule has 5 nitrogen and oxygen atoms in total. The first-order valence-corrected chi connectivity index (χ1v) is 6.93. The van der Waals surface area contributed by atoms with Crippen molar-refractivity contribution >= 4 is 23.4 Å². The number of carbonyl (C=O) groups is 1. The number of aliphatic hydroxyl groups excluding tert-OH is 2. The molecule has 1 aromatic carbocycles. The molecule has 102 valence electrons. The summed E-state index contributed by atoms with van der Waals surface area (Å²) in [6.45, 7) is -0.297. The van der Waals surface area contributed by atoms with Gasteiger partial charge in [0, 0.05) is 11.4 Å².